The molecule has 6 bridgehead atoms. The summed E-state index contributed by atoms with van der Waals surface area (Å²) in [6.07, 6.45) is 9.30. The van der Waals surface area contributed by atoms with Crippen molar-refractivity contribution in [2.75, 3.05) is 4.90 Å². The van der Waals surface area contributed by atoms with Crippen LogP contribution in [0.2, 0.25) is 0 Å². The number of fused-ring (bicyclic) bond motifs is 7. The minimum absolute atomic E-state index is 0.301. The van der Waals surface area contributed by atoms with Crippen LogP contribution < -0.4 is 4.90 Å². The Kier molecular flexibility index (Phi) is 6.02. The molecule has 11 rings (SSSR count). The molecular weight excluding hydrogens is 623 g/mol. The highest BCUT2D eigenvalue weighted by Crippen LogP contribution is 2.58. The Labute approximate surface area is 295 Å². The third-order valence-electron chi connectivity index (χ3n) is 11.0. The highest BCUT2D eigenvalue weighted by molar-refractivity contribution is 7.26. The first-order chi connectivity index (χ1) is 24.8. The third-order valence-corrected chi connectivity index (χ3v) is 12.1. The molecule has 8 aromatic rings. The van der Waals surface area contributed by atoms with E-state index in [1.807, 2.05) is 11.3 Å². The van der Waals surface area contributed by atoms with Crippen molar-refractivity contribution in [2.45, 2.75) is 11.8 Å². The summed E-state index contributed by atoms with van der Waals surface area (Å²) in [5.41, 5.74) is 16.8. The summed E-state index contributed by atoms with van der Waals surface area (Å²) in [7, 11) is 0. The maximum atomic E-state index is 2.52. The number of nitrogens with zero attached hydrogens (tertiary/aromatic N) is 1. The highest BCUT2D eigenvalue weighted by atomic mass is 32.1. The van der Waals surface area contributed by atoms with E-state index in [9.17, 15) is 0 Å². The van der Waals surface area contributed by atoms with Crippen molar-refractivity contribution in [3.8, 4) is 44.5 Å². The molecule has 2 heteroatoms. The van der Waals surface area contributed by atoms with Crippen LogP contribution in [0.3, 0.4) is 0 Å². The van der Waals surface area contributed by atoms with Gasteiger partial charge in [-0.3, -0.25) is 0 Å². The van der Waals surface area contributed by atoms with Gasteiger partial charge in [0.25, 0.3) is 0 Å². The minimum Gasteiger partial charge on any atom is -0.309 e. The van der Waals surface area contributed by atoms with Crippen molar-refractivity contribution < 1.29 is 0 Å². The van der Waals surface area contributed by atoms with Crippen molar-refractivity contribution in [2.24, 2.45) is 0 Å². The predicted octanol–water partition coefficient (Wildman–Crippen LogP) is 13.8. The van der Waals surface area contributed by atoms with Gasteiger partial charge < -0.3 is 4.90 Å². The van der Waals surface area contributed by atoms with Crippen LogP contribution >= 0.6 is 11.3 Å². The summed E-state index contributed by atoms with van der Waals surface area (Å²) in [5.74, 6) is 0.617. The Morgan fingerprint density at radius 2 is 1.14 bits per heavy atom. The summed E-state index contributed by atoms with van der Waals surface area (Å²) in [6, 6.07) is 56.5. The van der Waals surface area contributed by atoms with E-state index >= 15 is 0 Å². The monoisotopic (exact) mass is 653 g/mol. The van der Waals surface area contributed by atoms with Crippen LogP contribution in [-0.4, -0.2) is 0 Å². The van der Waals surface area contributed by atoms with E-state index in [1.54, 1.807) is 0 Å². The molecule has 0 spiro atoms. The molecule has 50 heavy (non-hydrogen) atoms. The van der Waals surface area contributed by atoms with Crippen molar-refractivity contribution >= 4 is 48.6 Å². The second kappa shape index (κ2) is 10.8. The summed E-state index contributed by atoms with van der Waals surface area (Å²) < 4.78 is 2.61. The molecule has 2 unspecified atom stereocenters. The topological polar surface area (TPSA) is 3.24 Å². The van der Waals surface area contributed by atoms with E-state index in [1.165, 1.54) is 81.5 Å². The molecule has 1 nitrogen and oxygen atoms in total. The van der Waals surface area contributed by atoms with Crippen molar-refractivity contribution in [1.82, 2.24) is 0 Å². The maximum Gasteiger partial charge on any atom is 0.0555 e. The van der Waals surface area contributed by atoms with Gasteiger partial charge in [0.15, 0.2) is 0 Å². The molecule has 234 valence electrons. The zero-order valence-corrected chi connectivity index (χ0v) is 28.1. The van der Waals surface area contributed by atoms with E-state index in [0.717, 1.165) is 11.4 Å². The zero-order chi connectivity index (χ0) is 32.8. The Balaban J connectivity index is 1.23. The smallest absolute Gasteiger partial charge is 0.0555 e. The molecule has 2 atom stereocenters. The summed E-state index contributed by atoms with van der Waals surface area (Å²) in [6.45, 7) is 0. The number of benzene rings is 7. The number of hydrogen-bond acceptors (Lipinski definition) is 2. The van der Waals surface area contributed by atoms with Gasteiger partial charge in [0.2, 0.25) is 0 Å². The first-order valence-electron chi connectivity index (χ1n) is 17.4. The number of para-hydroxylation sites is 1. The molecule has 0 fully saturated rings. The molecule has 1 heterocycles. The van der Waals surface area contributed by atoms with Crippen LogP contribution in [0.4, 0.5) is 17.1 Å². The molecule has 0 N–H and O–H groups in total. The van der Waals surface area contributed by atoms with Gasteiger partial charge in [-0.1, -0.05) is 140 Å². The largest absolute Gasteiger partial charge is 0.309 e. The number of rotatable bonds is 4. The second-order valence-electron chi connectivity index (χ2n) is 13.6. The number of hydrogen-bond donors (Lipinski definition) is 0. The first-order valence-corrected chi connectivity index (χ1v) is 18.3. The lowest BCUT2D eigenvalue weighted by atomic mass is 9.73. The van der Waals surface area contributed by atoms with Gasteiger partial charge in [0, 0.05) is 43.3 Å². The number of thiophene rings is 1. The second-order valence-corrected chi connectivity index (χ2v) is 14.6. The first kappa shape index (κ1) is 27.9. The van der Waals surface area contributed by atoms with E-state index in [0.29, 0.717) is 11.8 Å². The van der Waals surface area contributed by atoms with Crippen LogP contribution in [0.25, 0.3) is 64.7 Å². The summed E-state index contributed by atoms with van der Waals surface area (Å²) in [4.78, 5) is 2.52. The molecule has 0 saturated carbocycles. The van der Waals surface area contributed by atoms with Gasteiger partial charge in [-0.25, -0.2) is 0 Å². The van der Waals surface area contributed by atoms with Crippen molar-refractivity contribution in [1.29, 1.82) is 0 Å². The Hall–Kier alpha value is -5.96. The van der Waals surface area contributed by atoms with Crippen LogP contribution in [0.5, 0.6) is 0 Å². The van der Waals surface area contributed by atoms with Gasteiger partial charge in [0.05, 0.1) is 11.4 Å². The fourth-order valence-electron chi connectivity index (χ4n) is 8.94. The molecule has 1 aromatic heterocycles. The highest BCUT2D eigenvalue weighted by Gasteiger charge is 2.37. The lowest BCUT2D eigenvalue weighted by molar-refractivity contribution is 0.738. The van der Waals surface area contributed by atoms with Crippen LogP contribution in [0.1, 0.15) is 23.0 Å². The average Bonchev–Trinajstić information content (AvgIpc) is 3.52. The molecular formula is C48H31NS. The van der Waals surface area contributed by atoms with Crippen LogP contribution in [0, 0.1) is 0 Å². The third kappa shape index (κ3) is 3.94. The van der Waals surface area contributed by atoms with Crippen molar-refractivity contribution in [3.05, 3.63) is 187 Å². The fourth-order valence-corrected chi connectivity index (χ4v) is 10.1. The van der Waals surface area contributed by atoms with E-state index < -0.39 is 0 Å². The summed E-state index contributed by atoms with van der Waals surface area (Å²) >= 11 is 1.87. The minimum atomic E-state index is 0.301. The fraction of sp³-hybridized carbons (Fsp3) is 0.0417. The normalized spacial score (nSPS) is 16.2. The molecule has 7 aromatic carbocycles. The lowest BCUT2D eigenvalue weighted by Gasteiger charge is -2.32. The quantitative estimate of drug-likeness (QED) is 0.183. The molecule has 0 aliphatic heterocycles. The average molecular weight is 654 g/mol. The van der Waals surface area contributed by atoms with E-state index in [2.05, 4.69) is 181 Å². The molecule has 0 radical (unpaired) electrons. The SMILES string of the molecule is C1=CC2c3cccc4c3-c3cc(N(c5ccccc5-c5ccccc5)c5cccc6sc7ccccc7c56)ccc3-c3cccc-4c3C2C=C1. The van der Waals surface area contributed by atoms with Gasteiger partial charge in [-0.15, -0.1) is 11.3 Å². The van der Waals surface area contributed by atoms with Gasteiger partial charge >= 0.3 is 0 Å². The van der Waals surface area contributed by atoms with Gasteiger partial charge in [-0.2, -0.15) is 0 Å². The van der Waals surface area contributed by atoms with Gasteiger partial charge in [0.1, 0.15) is 0 Å². The maximum absolute atomic E-state index is 2.52. The Bertz CT molecular complexity index is 2730. The summed E-state index contributed by atoms with van der Waals surface area (Å²) in [5, 5.41) is 2.59. The van der Waals surface area contributed by atoms with E-state index in [-0.39, 0.29) is 0 Å². The Morgan fingerprint density at radius 1 is 0.460 bits per heavy atom. The molecule has 0 saturated heterocycles. The molecule has 3 aliphatic rings. The van der Waals surface area contributed by atoms with Crippen LogP contribution in [-0.2, 0) is 0 Å². The lowest BCUT2D eigenvalue weighted by Crippen LogP contribution is -2.14. The molecule has 0 amide bonds. The molecule has 3 aliphatic carbocycles. The van der Waals surface area contributed by atoms with Gasteiger partial charge in [-0.05, 0) is 86.5 Å². The standard InChI is InChI=1S/C48H31NS/c1-2-13-30(14-3-1)32-15-6-8-23-42(32)49(43-24-12-26-45-48(43)40-18-7-9-25-44(40)50-45)31-27-28-34-37-20-11-21-38-39-22-10-19-36(47(39)41(34)29-31)33-16-4-5-17-35(33)46(37)38/h1-29,33,35H. The zero-order valence-electron chi connectivity index (χ0n) is 27.3. The predicted molar refractivity (Wildman–Crippen MR) is 213 cm³/mol. The van der Waals surface area contributed by atoms with Crippen LogP contribution in [0.15, 0.2) is 176 Å². The Morgan fingerprint density at radius 3 is 2.06 bits per heavy atom. The van der Waals surface area contributed by atoms with E-state index in [4.69, 9.17) is 0 Å². The van der Waals surface area contributed by atoms with Crippen molar-refractivity contribution in [3.63, 3.8) is 0 Å². The number of allylic oxidation sites excluding steroid dienone is 4. The number of anilines is 3.